The summed E-state index contributed by atoms with van der Waals surface area (Å²) in [4.78, 5) is 11.7. The minimum absolute atomic E-state index is 0.0942. The number of aryl methyl sites for hydroxylation is 1. The van der Waals surface area contributed by atoms with E-state index in [9.17, 15) is 4.79 Å². The van der Waals surface area contributed by atoms with Gasteiger partial charge < -0.3 is 4.74 Å². The molecule has 2 aromatic rings. The summed E-state index contributed by atoms with van der Waals surface area (Å²) in [6, 6.07) is 17.4. The fourth-order valence-electron chi connectivity index (χ4n) is 2.84. The molecule has 150 valence electrons. The fraction of sp³-hybridized carbons (Fsp3) is 0.423. The molecule has 0 aliphatic heterocycles. The van der Waals surface area contributed by atoms with E-state index in [1.807, 2.05) is 13.8 Å². The van der Waals surface area contributed by atoms with Crippen LogP contribution in [0, 0.1) is 18.3 Å². The molecule has 2 aromatic carbocycles. The van der Waals surface area contributed by atoms with Gasteiger partial charge in [0.25, 0.3) is 0 Å². The van der Waals surface area contributed by atoms with Gasteiger partial charge in [-0.05, 0) is 23.6 Å². The first-order valence-corrected chi connectivity index (χ1v) is 10.0. The van der Waals surface area contributed by atoms with Crippen LogP contribution in [0.15, 0.2) is 60.7 Å². The molecule has 0 N–H and O–H groups in total. The van der Waals surface area contributed by atoms with Crippen LogP contribution in [-0.4, -0.2) is 12.6 Å². The van der Waals surface area contributed by atoms with Crippen molar-refractivity contribution in [2.45, 2.75) is 53.9 Å². The summed E-state index contributed by atoms with van der Waals surface area (Å²) >= 11 is 0. The van der Waals surface area contributed by atoms with Gasteiger partial charge in [0, 0.05) is 10.8 Å². The Morgan fingerprint density at radius 3 is 1.89 bits per heavy atom. The molecule has 0 fully saturated rings. The number of hydrogen-bond acceptors (Lipinski definition) is 2. The summed E-state index contributed by atoms with van der Waals surface area (Å²) in [6.45, 7) is 14.8. The van der Waals surface area contributed by atoms with E-state index in [4.69, 9.17) is 4.74 Å². The molecule has 2 heteroatoms. The first-order chi connectivity index (χ1) is 13.0. The zero-order valence-corrected chi connectivity index (χ0v) is 18.4. The van der Waals surface area contributed by atoms with Crippen LogP contribution in [-0.2, 0) is 14.9 Å². The van der Waals surface area contributed by atoms with E-state index in [1.54, 1.807) is 0 Å². The lowest BCUT2D eigenvalue weighted by atomic mass is 9.81. The Morgan fingerprint density at radius 2 is 1.39 bits per heavy atom. The van der Waals surface area contributed by atoms with Gasteiger partial charge in [0.1, 0.15) is 0 Å². The third-order valence-electron chi connectivity index (χ3n) is 5.02. The Hall–Kier alpha value is -2.35. The zero-order valence-electron chi connectivity index (χ0n) is 18.4. The van der Waals surface area contributed by atoms with E-state index >= 15 is 0 Å². The van der Waals surface area contributed by atoms with Crippen molar-refractivity contribution in [2.75, 3.05) is 6.61 Å². The van der Waals surface area contributed by atoms with Gasteiger partial charge in [-0.2, -0.15) is 0 Å². The number of carbonyl (C=O) groups excluding carboxylic acids is 1. The minimum atomic E-state index is -0.205. The van der Waals surface area contributed by atoms with E-state index < -0.39 is 0 Å². The van der Waals surface area contributed by atoms with Gasteiger partial charge >= 0.3 is 5.97 Å². The van der Waals surface area contributed by atoms with E-state index in [-0.39, 0.29) is 22.7 Å². The molecule has 0 atom stereocenters. The standard InChI is InChI=1S/C26H34O2/c1-19(2)24(27)28-18-25(4,5)16-17-26(6,7)23-14-12-22(13-15-23)21-10-8-20(3)9-11-21/h8-17,19H,18H2,1-7H3/b17-16+. The average molecular weight is 379 g/mol. The summed E-state index contributed by atoms with van der Waals surface area (Å²) in [7, 11) is 0. The molecule has 0 aliphatic carbocycles. The maximum atomic E-state index is 11.7. The van der Waals surface area contributed by atoms with Crippen LogP contribution in [0.5, 0.6) is 0 Å². The number of rotatable bonds is 7. The average Bonchev–Trinajstić information content (AvgIpc) is 2.65. The molecule has 0 aromatic heterocycles. The lowest BCUT2D eigenvalue weighted by Gasteiger charge is -2.26. The van der Waals surface area contributed by atoms with Crippen molar-refractivity contribution in [1.82, 2.24) is 0 Å². The molecule has 0 bridgehead atoms. The van der Waals surface area contributed by atoms with Crippen LogP contribution in [0.2, 0.25) is 0 Å². The van der Waals surface area contributed by atoms with E-state index in [1.165, 1.54) is 22.3 Å². The van der Waals surface area contributed by atoms with E-state index in [0.29, 0.717) is 6.61 Å². The SMILES string of the molecule is Cc1ccc(-c2ccc(C(C)(C)/C=C/C(C)(C)COC(=O)C(C)C)cc2)cc1. The molecule has 0 saturated carbocycles. The molecule has 2 rings (SSSR count). The van der Waals surface area contributed by atoms with Crippen LogP contribution in [0.25, 0.3) is 11.1 Å². The van der Waals surface area contributed by atoms with Gasteiger partial charge in [-0.3, -0.25) is 4.79 Å². The summed E-state index contributed by atoms with van der Waals surface area (Å²) in [5, 5.41) is 0. The molecular weight excluding hydrogens is 344 g/mol. The molecule has 0 radical (unpaired) electrons. The van der Waals surface area contributed by atoms with Crippen LogP contribution in [0.4, 0.5) is 0 Å². The Labute approximate surface area is 170 Å². The van der Waals surface area contributed by atoms with Crippen molar-refractivity contribution in [3.8, 4) is 11.1 Å². The fourth-order valence-corrected chi connectivity index (χ4v) is 2.84. The third-order valence-corrected chi connectivity index (χ3v) is 5.02. The predicted molar refractivity (Wildman–Crippen MR) is 118 cm³/mol. The van der Waals surface area contributed by atoms with Gasteiger partial charge in [0.2, 0.25) is 0 Å². The lowest BCUT2D eigenvalue weighted by molar-refractivity contribution is -0.149. The van der Waals surface area contributed by atoms with Gasteiger partial charge in [0.05, 0.1) is 12.5 Å². The maximum absolute atomic E-state index is 11.7. The van der Waals surface area contributed by atoms with Crippen molar-refractivity contribution < 1.29 is 9.53 Å². The highest BCUT2D eigenvalue weighted by Gasteiger charge is 2.22. The minimum Gasteiger partial charge on any atom is -0.465 e. The van der Waals surface area contributed by atoms with Crippen molar-refractivity contribution in [3.63, 3.8) is 0 Å². The van der Waals surface area contributed by atoms with Crippen LogP contribution >= 0.6 is 0 Å². The Morgan fingerprint density at radius 1 is 0.893 bits per heavy atom. The van der Waals surface area contributed by atoms with Crippen molar-refractivity contribution in [3.05, 3.63) is 71.8 Å². The van der Waals surface area contributed by atoms with Gasteiger partial charge in [0.15, 0.2) is 0 Å². The summed E-state index contributed by atoms with van der Waals surface area (Å²) < 4.78 is 5.42. The molecular formula is C26H34O2. The highest BCUT2D eigenvalue weighted by atomic mass is 16.5. The first-order valence-electron chi connectivity index (χ1n) is 10.0. The quantitative estimate of drug-likeness (QED) is 0.395. The van der Waals surface area contributed by atoms with Crippen molar-refractivity contribution >= 4 is 5.97 Å². The number of carbonyl (C=O) groups is 1. The second kappa shape index (κ2) is 8.77. The Kier molecular flexibility index (Phi) is 6.87. The van der Waals surface area contributed by atoms with E-state index in [0.717, 1.165) is 0 Å². The van der Waals surface area contributed by atoms with E-state index in [2.05, 4.69) is 95.3 Å². The molecule has 0 amide bonds. The monoisotopic (exact) mass is 378 g/mol. The van der Waals surface area contributed by atoms with Gasteiger partial charge in [-0.1, -0.05) is 108 Å². The third kappa shape index (κ3) is 6.09. The van der Waals surface area contributed by atoms with Crippen LogP contribution in [0.1, 0.15) is 52.7 Å². The van der Waals surface area contributed by atoms with Gasteiger partial charge in [-0.15, -0.1) is 0 Å². The second-order valence-corrected chi connectivity index (χ2v) is 9.25. The highest BCUT2D eigenvalue weighted by Crippen LogP contribution is 2.30. The Bertz CT molecular complexity index is 807. The van der Waals surface area contributed by atoms with Gasteiger partial charge in [-0.25, -0.2) is 0 Å². The molecule has 2 nitrogen and oxygen atoms in total. The maximum Gasteiger partial charge on any atom is 0.308 e. The summed E-state index contributed by atoms with van der Waals surface area (Å²) in [5.41, 5.74) is 4.68. The second-order valence-electron chi connectivity index (χ2n) is 9.25. The Balaban J connectivity index is 2.09. The summed E-state index contributed by atoms with van der Waals surface area (Å²) in [6.07, 6.45) is 4.38. The number of esters is 1. The van der Waals surface area contributed by atoms with Crippen molar-refractivity contribution in [2.24, 2.45) is 11.3 Å². The number of benzene rings is 2. The van der Waals surface area contributed by atoms with Crippen LogP contribution < -0.4 is 0 Å². The molecule has 0 saturated heterocycles. The zero-order chi connectivity index (χ0) is 20.9. The lowest BCUT2D eigenvalue weighted by Crippen LogP contribution is -2.23. The first kappa shape index (κ1) is 21.9. The van der Waals surface area contributed by atoms with Crippen molar-refractivity contribution in [1.29, 1.82) is 0 Å². The molecule has 0 unspecified atom stereocenters. The molecule has 0 aliphatic rings. The number of ether oxygens (including phenoxy) is 1. The normalized spacial score (nSPS) is 12.6. The molecule has 0 heterocycles. The van der Waals surface area contributed by atoms with Crippen LogP contribution in [0.3, 0.4) is 0 Å². The predicted octanol–water partition coefficient (Wildman–Crippen LogP) is 6.72. The smallest absolute Gasteiger partial charge is 0.308 e. The number of hydrogen-bond donors (Lipinski definition) is 0. The highest BCUT2D eigenvalue weighted by molar-refractivity contribution is 5.71. The topological polar surface area (TPSA) is 26.3 Å². The largest absolute Gasteiger partial charge is 0.465 e. The number of allylic oxidation sites excluding steroid dienone is 1. The molecule has 28 heavy (non-hydrogen) atoms. The molecule has 0 spiro atoms. The summed E-state index contributed by atoms with van der Waals surface area (Å²) in [5.74, 6) is -0.240.